The van der Waals surface area contributed by atoms with Crippen LogP contribution in [-0.4, -0.2) is 48.6 Å². The first kappa shape index (κ1) is 18.6. The van der Waals surface area contributed by atoms with Gasteiger partial charge in [0.15, 0.2) is 5.96 Å². The zero-order valence-electron chi connectivity index (χ0n) is 15.4. The zero-order valence-corrected chi connectivity index (χ0v) is 16.2. The first-order chi connectivity index (χ1) is 12.5. The van der Waals surface area contributed by atoms with Crippen LogP contribution >= 0.6 is 11.3 Å². The van der Waals surface area contributed by atoms with Crippen LogP contribution in [0.2, 0.25) is 0 Å². The Morgan fingerprint density at radius 2 is 1.92 bits per heavy atom. The molecular formula is C19H26FN5S. The maximum absolute atomic E-state index is 13.0. The summed E-state index contributed by atoms with van der Waals surface area (Å²) in [6, 6.07) is 6.64. The molecule has 7 heteroatoms. The highest BCUT2D eigenvalue weighted by Gasteiger charge is 2.18. The van der Waals surface area contributed by atoms with Crippen LogP contribution in [0.15, 0.2) is 34.6 Å². The van der Waals surface area contributed by atoms with E-state index in [1.165, 1.54) is 17.1 Å². The third-order valence-electron chi connectivity index (χ3n) is 4.50. The van der Waals surface area contributed by atoms with Crippen molar-refractivity contribution < 1.29 is 4.39 Å². The average Bonchev–Trinajstić information content (AvgIpc) is 3.12. The minimum absolute atomic E-state index is 0.204. The molecule has 0 saturated carbocycles. The van der Waals surface area contributed by atoms with Gasteiger partial charge >= 0.3 is 0 Å². The molecule has 2 heterocycles. The number of aromatic nitrogens is 1. The maximum atomic E-state index is 13.0. The molecule has 0 bridgehead atoms. The number of thiazole rings is 1. The Kier molecular flexibility index (Phi) is 6.08. The molecule has 0 unspecified atom stereocenters. The second-order valence-corrected chi connectivity index (χ2v) is 7.66. The Bertz CT molecular complexity index is 733. The summed E-state index contributed by atoms with van der Waals surface area (Å²) in [6.07, 6.45) is 0.819. The Morgan fingerprint density at radius 1 is 1.23 bits per heavy atom. The third-order valence-corrected chi connectivity index (χ3v) is 5.69. The van der Waals surface area contributed by atoms with E-state index in [1.807, 2.05) is 12.1 Å². The summed E-state index contributed by atoms with van der Waals surface area (Å²) in [7, 11) is 0. The normalized spacial score (nSPS) is 15.8. The van der Waals surface area contributed by atoms with Crippen molar-refractivity contribution >= 4 is 23.0 Å². The average molecular weight is 376 g/mol. The number of aliphatic imine (C=N–C) groups is 1. The lowest BCUT2D eigenvalue weighted by molar-refractivity contribution is 0.381. The fraction of sp³-hybridized carbons (Fsp3) is 0.474. The summed E-state index contributed by atoms with van der Waals surface area (Å²) in [5, 5.41) is 3.29. The van der Waals surface area contributed by atoms with Gasteiger partial charge in [0, 0.05) is 56.1 Å². The smallest absolute Gasteiger partial charge is 0.191 e. The van der Waals surface area contributed by atoms with Gasteiger partial charge in [-0.05, 0) is 24.3 Å². The van der Waals surface area contributed by atoms with Crippen molar-refractivity contribution in [1.29, 1.82) is 0 Å². The first-order valence-electron chi connectivity index (χ1n) is 9.02. The lowest BCUT2D eigenvalue weighted by Gasteiger charge is -2.36. The lowest BCUT2D eigenvalue weighted by atomic mass is 10.2. The van der Waals surface area contributed by atoms with E-state index in [1.54, 1.807) is 11.3 Å². The van der Waals surface area contributed by atoms with Crippen LogP contribution in [0.5, 0.6) is 0 Å². The second kappa shape index (κ2) is 8.49. The molecule has 1 fully saturated rings. The van der Waals surface area contributed by atoms with Gasteiger partial charge in [-0.3, -0.25) is 4.99 Å². The molecule has 0 spiro atoms. The molecule has 5 nitrogen and oxygen atoms in total. The molecule has 2 aromatic rings. The number of hydrogen-bond donors (Lipinski definition) is 1. The summed E-state index contributed by atoms with van der Waals surface area (Å²) in [4.78, 5) is 13.5. The summed E-state index contributed by atoms with van der Waals surface area (Å²) in [6.45, 7) is 8.32. The number of benzene rings is 1. The van der Waals surface area contributed by atoms with Crippen LogP contribution in [0.1, 0.15) is 30.5 Å². The van der Waals surface area contributed by atoms with E-state index >= 15 is 0 Å². The molecule has 1 aliphatic rings. The molecule has 26 heavy (non-hydrogen) atoms. The number of nitrogens with zero attached hydrogens (tertiary/aromatic N) is 4. The van der Waals surface area contributed by atoms with E-state index in [0.29, 0.717) is 18.4 Å². The summed E-state index contributed by atoms with van der Waals surface area (Å²) >= 11 is 1.71. The molecule has 3 rings (SSSR count). The van der Waals surface area contributed by atoms with Crippen LogP contribution in [-0.2, 0) is 6.42 Å². The SMILES string of the molecule is CC(C)c1nc(CCN=C(N)N2CCN(c3ccc(F)cc3)CC2)cs1. The number of halogens is 1. The second-order valence-electron chi connectivity index (χ2n) is 6.77. The Hall–Kier alpha value is -2.15. The van der Waals surface area contributed by atoms with Crippen LogP contribution in [0.4, 0.5) is 10.1 Å². The fourth-order valence-electron chi connectivity index (χ4n) is 2.93. The van der Waals surface area contributed by atoms with E-state index in [0.717, 1.165) is 44.0 Å². The van der Waals surface area contributed by atoms with Gasteiger partial charge in [0.2, 0.25) is 0 Å². The fourth-order valence-corrected chi connectivity index (χ4v) is 3.80. The van der Waals surface area contributed by atoms with Crippen molar-refractivity contribution in [2.75, 3.05) is 37.6 Å². The van der Waals surface area contributed by atoms with E-state index in [9.17, 15) is 4.39 Å². The highest BCUT2D eigenvalue weighted by molar-refractivity contribution is 7.09. The molecule has 0 atom stereocenters. The lowest BCUT2D eigenvalue weighted by Crippen LogP contribution is -2.51. The highest BCUT2D eigenvalue weighted by Crippen LogP contribution is 2.19. The number of guanidine groups is 1. The minimum Gasteiger partial charge on any atom is -0.370 e. The topological polar surface area (TPSA) is 57.8 Å². The van der Waals surface area contributed by atoms with Crippen molar-refractivity contribution in [3.05, 3.63) is 46.2 Å². The van der Waals surface area contributed by atoms with Gasteiger partial charge in [-0.25, -0.2) is 9.37 Å². The molecule has 2 N–H and O–H groups in total. The third kappa shape index (κ3) is 4.72. The summed E-state index contributed by atoms with van der Waals surface area (Å²) in [5.41, 5.74) is 8.30. The number of anilines is 1. The molecule has 0 aliphatic carbocycles. The highest BCUT2D eigenvalue weighted by atomic mass is 32.1. The molecule has 1 aromatic carbocycles. The van der Waals surface area contributed by atoms with Gasteiger partial charge in [-0.1, -0.05) is 13.8 Å². The molecule has 1 aliphatic heterocycles. The van der Waals surface area contributed by atoms with Gasteiger partial charge in [0.1, 0.15) is 5.82 Å². The van der Waals surface area contributed by atoms with Crippen LogP contribution in [0.25, 0.3) is 0 Å². The molecule has 1 aromatic heterocycles. The van der Waals surface area contributed by atoms with Gasteiger partial charge in [-0.2, -0.15) is 0 Å². The molecule has 0 radical (unpaired) electrons. The number of nitrogens with two attached hydrogens (primary N) is 1. The molecular weight excluding hydrogens is 349 g/mol. The van der Waals surface area contributed by atoms with Crippen molar-refractivity contribution in [2.45, 2.75) is 26.2 Å². The standard InChI is InChI=1S/C19H26FN5S/c1-14(2)18-23-16(13-26-18)7-8-22-19(21)25-11-9-24(10-12-25)17-5-3-15(20)4-6-17/h3-6,13-14H,7-12H2,1-2H3,(H2,21,22). The Balaban J connectivity index is 1.47. The zero-order chi connectivity index (χ0) is 18.5. The quantitative estimate of drug-likeness (QED) is 0.644. The van der Waals surface area contributed by atoms with E-state index in [-0.39, 0.29) is 5.82 Å². The predicted octanol–water partition coefficient (Wildman–Crippen LogP) is 3.09. The number of hydrogen-bond acceptors (Lipinski definition) is 4. The van der Waals surface area contributed by atoms with Crippen molar-refractivity contribution in [3.63, 3.8) is 0 Å². The molecule has 1 saturated heterocycles. The van der Waals surface area contributed by atoms with E-state index < -0.39 is 0 Å². The van der Waals surface area contributed by atoms with Crippen molar-refractivity contribution in [1.82, 2.24) is 9.88 Å². The summed E-state index contributed by atoms with van der Waals surface area (Å²) < 4.78 is 13.0. The Morgan fingerprint density at radius 3 is 2.54 bits per heavy atom. The first-order valence-corrected chi connectivity index (χ1v) is 9.90. The molecule has 0 amide bonds. The minimum atomic E-state index is -0.204. The largest absolute Gasteiger partial charge is 0.370 e. The van der Waals surface area contributed by atoms with Gasteiger partial charge in [-0.15, -0.1) is 11.3 Å². The Labute approximate surface area is 158 Å². The van der Waals surface area contributed by atoms with E-state index in [2.05, 4.69) is 39.0 Å². The molecule has 140 valence electrons. The number of rotatable bonds is 5. The van der Waals surface area contributed by atoms with Crippen molar-refractivity contribution in [2.24, 2.45) is 10.7 Å². The van der Waals surface area contributed by atoms with Gasteiger partial charge in [0.05, 0.1) is 10.7 Å². The van der Waals surface area contributed by atoms with Crippen molar-refractivity contribution in [3.8, 4) is 0 Å². The van der Waals surface area contributed by atoms with Gasteiger partial charge in [0.25, 0.3) is 0 Å². The van der Waals surface area contributed by atoms with Crippen LogP contribution in [0, 0.1) is 5.82 Å². The maximum Gasteiger partial charge on any atom is 0.191 e. The number of piperazine rings is 1. The predicted molar refractivity (Wildman–Crippen MR) is 107 cm³/mol. The van der Waals surface area contributed by atoms with Crippen LogP contribution in [0.3, 0.4) is 0 Å². The van der Waals surface area contributed by atoms with Crippen LogP contribution < -0.4 is 10.6 Å². The van der Waals surface area contributed by atoms with Gasteiger partial charge < -0.3 is 15.5 Å². The monoisotopic (exact) mass is 375 g/mol. The van der Waals surface area contributed by atoms with E-state index in [4.69, 9.17) is 5.73 Å². The summed E-state index contributed by atoms with van der Waals surface area (Å²) in [5.74, 6) is 0.868.